The van der Waals surface area contributed by atoms with Gasteiger partial charge in [-0.25, -0.2) is 0 Å². The fourth-order valence-corrected chi connectivity index (χ4v) is 2.99. The molecule has 0 spiro atoms. The first-order valence-electron chi connectivity index (χ1n) is 7.50. The summed E-state index contributed by atoms with van der Waals surface area (Å²) in [4.78, 5) is 14.5. The summed E-state index contributed by atoms with van der Waals surface area (Å²) < 4.78 is 1.83. The minimum atomic E-state index is 0.0771. The number of nitrogens with zero attached hydrogens (tertiary/aromatic N) is 3. The van der Waals surface area contributed by atoms with Gasteiger partial charge in [-0.3, -0.25) is 9.48 Å². The summed E-state index contributed by atoms with van der Waals surface area (Å²) in [6.45, 7) is 6.91. The normalized spacial score (nSPS) is 19.6. The number of carbonyl (C=O) groups excluding carboxylic acids is 1. The van der Waals surface area contributed by atoms with Crippen molar-refractivity contribution in [3.8, 4) is 0 Å². The summed E-state index contributed by atoms with van der Waals surface area (Å²) >= 11 is 0. The molecular weight excluding hydrogens is 252 g/mol. The molecule has 0 radical (unpaired) electrons. The van der Waals surface area contributed by atoms with Gasteiger partial charge in [0, 0.05) is 25.8 Å². The van der Waals surface area contributed by atoms with Gasteiger partial charge < -0.3 is 10.2 Å². The minimum Gasteiger partial charge on any atom is -0.337 e. The third-order valence-corrected chi connectivity index (χ3v) is 4.03. The van der Waals surface area contributed by atoms with E-state index in [1.54, 1.807) is 0 Å². The number of rotatable bonds is 4. The second-order valence-electron chi connectivity index (χ2n) is 6.05. The zero-order valence-corrected chi connectivity index (χ0v) is 13.0. The van der Waals surface area contributed by atoms with E-state index >= 15 is 0 Å². The van der Waals surface area contributed by atoms with Crippen LogP contribution in [0.25, 0.3) is 0 Å². The molecule has 2 heterocycles. The molecule has 1 fully saturated rings. The first-order valence-corrected chi connectivity index (χ1v) is 7.50. The molecule has 1 saturated heterocycles. The molecular formula is C15H26N4O. The second-order valence-corrected chi connectivity index (χ2v) is 6.05. The number of nitrogens with one attached hydrogen (secondary N) is 1. The van der Waals surface area contributed by atoms with Crippen molar-refractivity contribution in [3.05, 3.63) is 17.5 Å². The lowest BCUT2D eigenvalue weighted by molar-refractivity contribution is 0.0667. The number of hydrogen-bond acceptors (Lipinski definition) is 3. The van der Waals surface area contributed by atoms with Gasteiger partial charge >= 0.3 is 0 Å². The average molecular weight is 278 g/mol. The molecule has 1 aromatic rings. The van der Waals surface area contributed by atoms with E-state index in [1.165, 1.54) is 6.42 Å². The van der Waals surface area contributed by atoms with Crippen molar-refractivity contribution in [1.29, 1.82) is 0 Å². The summed E-state index contributed by atoms with van der Waals surface area (Å²) in [6.07, 6.45) is 2.28. The number of likely N-dealkylation sites (tertiary alicyclic amines) is 1. The SMILES string of the molecule is CNCC1CCCN(C(=O)c2cc(C(C)C)n(C)n2)C1. The Bertz CT molecular complexity index is 464. The second kappa shape index (κ2) is 6.39. The summed E-state index contributed by atoms with van der Waals surface area (Å²) in [5.41, 5.74) is 1.69. The van der Waals surface area contributed by atoms with Gasteiger partial charge in [-0.15, -0.1) is 0 Å². The van der Waals surface area contributed by atoms with Crippen molar-refractivity contribution in [1.82, 2.24) is 20.0 Å². The Morgan fingerprint density at radius 2 is 2.30 bits per heavy atom. The molecule has 0 aromatic carbocycles. The highest BCUT2D eigenvalue weighted by Gasteiger charge is 2.26. The van der Waals surface area contributed by atoms with Gasteiger partial charge in [0.15, 0.2) is 5.69 Å². The highest BCUT2D eigenvalue weighted by Crippen LogP contribution is 2.20. The Labute approximate surface area is 121 Å². The topological polar surface area (TPSA) is 50.2 Å². The Kier molecular flexibility index (Phi) is 4.81. The maximum absolute atomic E-state index is 12.6. The van der Waals surface area contributed by atoms with E-state index in [2.05, 4.69) is 24.3 Å². The Balaban J connectivity index is 2.08. The van der Waals surface area contributed by atoms with Gasteiger partial charge in [0.05, 0.1) is 0 Å². The van der Waals surface area contributed by atoms with Crippen LogP contribution >= 0.6 is 0 Å². The molecule has 1 aliphatic heterocycles. The lowest BCUT2D eigenvalue weighted by Crippen LogP contribution is -2.42. The molecule has 1 amide bonds. The van der Waals surface area contributed by atoms with Gasteiger partial charge in [-0.05, 0) is 44.3 Å². The van der Waals surface area contributed by atoms with Crippen molar-refractivity contribution < 1.29 is 4.79 Å². The molecule has 0 bridgehead atoms. The van der Waals surface area contributed by atoms with Crippen LogP contribution in [0.3, 0.4) is 0 Å². The van der Waals surface area contributed by atoms with Gasteiger partial charge in [0.25, 0.3) is 5.91 Å². The largest absolute Gasteiger partial charge is 0.337 e. The highest BCUT2D eigenvalue weighted by atomic mass is 16.2. The predicted octanol–water partition coefficient (Wildman–Crippen LogP) is 1.62. The van der Waals surface area contributed by atoms with Crippen LogP contribution < -0.4 is 5.32 Å². The van der Waals surface area contributed by atoms with Gasteiger partial charge in [0.1, 0.15) is 0 Å². The molecule has 1 aromatic heterocycles. The zero-order chi connectivity index (χ0) is 14.7. The lowest BCUT2D eigenvalue weighted by atomic mass is 9.98. The fourth-order valence-electron chi connectivity index (χ4n) is 2.99. The number of hydrogen-bond donors (Lipinski definition) is 1. The molecule has 5 heteroatoms. The zero-order valence-electron chi connectivity index (χ0n) is 13.0. The Hall–Kier alpha value is -1.36. The molecule has 1 N–H and O–H groups in total. The van der Waals surface area contributed by atoms with Crippen LogP contribution in [0.5, 0.6) is 0 Å². The third-order valence-electron chi connectivity index (χ3n) is 4.03. The van der Waals surface area contributed by atoms with Crippen LogP contribution in [-0.4, -0.2) is 47.3 Å². The number of aryl methyl sites for hydroxylation is 1. The van der Waals surface area contributed by atoms with Gasteiger partial charge in [0.2, 0.25) is 0 Å². The minimum absolute atomic E-state index is 0.0771. The standard InChI is InChI=1S/C15H26N4O/c1-11(2)14-8-13(17-18(14)4)15(20)19-7-5-6-12(10-19)9-16-3/h8,11-12,16H,5-7,9-10H2,1-4H3. The van der Waals surface area contributed by atoms with Crippen LogP contribution in [0.15, 0.2) is 6.07 Å². The van der Waals surface area contributed by atoms with Crippen molar-refractivity contribution >= 4 is 5.91 Å². The van der Waals surface area contributed by atoms with E-state index in [0.29, 0.717) is 17.5 Å². The Morgan fingerprint density at radius 3 is 2.90 bits per heavy atom. The summed E-state index contributed by atoms with van der Waals surface area (Å²) in [5.74, 6) is 1.02. The Morgan fingerprint density at radius 1 is 1.55 bits per heavy atom. The lowest BCUT2D eigenvalue weighted by Gasteiger charge is -2.32. The maximum Gasteiger partial charge on any atom is 0.274 e. The van der Waals surface area contributed by atoms with Crippen molar-refractivity contribution in [2.45, 2.75) is 32.6 Å². The number of piperidine rings is 1. The van der Waals surface area contributed by atoms with Crippen LogP contribution in [0, 0.1) is 5.92 Å². The van der Waals surface area contributed by atoms with Crippen molar-refractivity contribution in [2.75, 3.05) is 26.7 Å². The molecule has 1 atom stereocenters. The van der Waals surface area contributed by atoms with Crippen LogP contribution in [0.4, 0.5) is 0 Å². The van der Waals surface area contributed by atoms with Crippen LogP contribution in [-0.2, 0) is 7.05 Å². The maximum atomic E-state index is 12.6. The summed E-state index contributed by atoms with van der Waals surface area (Å²) in [7, 11) is 3.88. The quantitative estimate of drug-likeness (QED) is 0.910. The van der Waals surface area contributed by atoms with Crippen LogP contribution in [0.2, 0.25) is 0 Å². The van der Waals surface area contributed by atoms with Gasteiger partial charge in [-0.2, -0.15) is 5.10 Å². The third kappa shape index (κ3) is 3.20. The average Bonchev–Trinajstić information content (AvgIpc) is 2.81. The van der Waals surface area contributed by atoms with E-state index in [9.17, 15) is 4.79 Å². The molecule has 0 saturated carbocycles. The smallest absolute Gasteiger partial charge is 0.274 e. The number of carbonyl (C=O) groups is 1. The van der Waals surface area contributed by atoms with E-state index in [1.807, 2.05) is 29.7 Å². The molecule has 1 unspecified atom stereocenters. The summed E-state index contributed by atoms with van der Waals surface area (Å²) in [5, 5.41) is 7.59. The molecule has 2 rings (SSSR count). The van der Waals surface area contributed by atoms with Crippen LogP contribution in [0.1, 0.15) is 48.8 Å². The molecule has 5 nitrogen and oxygen atoms in total. The molecule has 20 heavy (non-hydrogen) atoms. The van der Waals surface area contributed by atoms with E-state index in [4.69, 9.17) is 0 Å². The van der Waals surface area contributed by atoms with E-state index in [0.717, 1.165) is 31.7 Å². The van der Waals surface area contributed by atoms with Crippen molar-refractivity contribution in [2.24, 2.45) is 13.0 Å². The predicted molar refractivity (Wildman–Crippen MR) is 79.9 cm³/mol. The van der Waals surface area contributed by atoms with E-state index < -0.39 is 0 Å². The molecule has 0 aliphatic carbocycles. The number of aromatic nitrogens is 2. The van der Waals surface area contributed by atoms with E-state index in [-0.39, 0.29) is 5.91 Å². The monoisotopic (exact) mass is 278 g/mol. The summed E-state index contributed by atoms with van der Waals surface area (Å²) in [6, 6.07) is 1.94. The van der Waals surface area contributed by atoms with Gasteiger partial charge in [-0.1, -0.05) is 13.8 Å². The molecule has 112 valence electrons. The number of amides is 1. The molecule has 1 aliphatic rings. The first-order chi connectivity index (χ1) is 9.52. The van der Waals surface area contributed by atoms with Crippen molar-refractivity contribution in [3.63, 3.8) is 0 Å². The fraction of sp³-hybridized carbons (Fsp3) is 0.733. The first kappa shape index (κ1) is 15.0. The highest BCUT2D eigenvalue weighted by molar-refractivity contribution is 5.92.